The van der Waals surface area contributed by atoms with Crippen molar-refractivity contribution in [2.45, 2.75) is 65.3 Å². The Morgan fingerprint density at radius 1 is 1.12 bits per heavy atom. The maximum Gasteiger partial charge on any atom is 0.256 e. The number of nitrogens with one attached hydrogen (secondary N) is 1. The Morgan fingerprint density at radius 2 is 1.83 bits per heavy atom. The second kappa shape index (κ2) is 11.9. The molecule has 2 fully saturated rings. The summed E-state index contributed by atoms with van der Waals surface area (Å²) in [5, 5.41) is 3.97. The standard InChI is InChI=1S/C33H44FN5O2/c1-20(2)37(6)33(41)27-13-26(34)11-12-29(27)39-19-28(31-21(3)14-36-15-30(31)39)22(4)25-17-38(18-25)16-23-7-9-24(10-8-23)32(40)35-5/h11-15,19-20,22-25H,7-10,16-18H2,1-6H3,(H,35,40)/t22-,23?,24?/m1/s1. The molecule has 0 spiro atoms. The molecule has 1 saturated carbocycles. The van der Waals surface area contributed by atoms with Crippen molar-refractivity contribution in [3.63, 3.8) is 0 Å². The fraction of sp³-hybridized carbons (Fsp3) is 0.545. The fourth-order valence-electron chi connectivity index (χ4n) is 6.75. The molecule has 1 saturated heterocycles. The minimum atomic E-state index is -0.426. The van der Waals surface area contributed by atoms with Gasteiger partial charge in [-0.2, -0.15) is 0 Å². The van der Waals surface area contributed by atoms with Crippen LogP contribution in [0, 0.1) is 30.5 Å². The summed E-state index contributed by atoms with van der Waals surface area (Å²) in [5.74, 6) is 1.26. The van der Waals surface area contributed by atoms with Crippen LogP contribution in [0.3, 0.4) is 0 Å². The van der Waals surface area contributed by atoms with Crippen molar-refractivity contribution in [2.24, 2.45) is 17.8 Å². The van der Waals surface area contributed by atoms with Crippen LogP contribution in [0.2, 0.25) is 0 Å². The zero-order chi connectivity index (χ0) is 29.4. The van der Waals surface area contributed by atoms with E-state index >= 15 is 0 Å². The summed E-state index contributed by atoms with van der Waals surface area (Å²) in [6, 6.07) is 4.47. The number of fused-ring (bicyclic) bond motifs is 1. The molecular formula is C33H44FN5O2. The third-order valence-corrected chi connectivity index (χ3v) is 9.64. The normalized spacial score (nSPS) is 20.7. The van der Waals surface area contributed by atoms with Gasteiger partial charge in [-0.3, -0.25) is 14.6 Å². The number of likely N-dealkylation sites (tertiary alicyclic amines) is 1. The first-order valence-electron chi connectivity index (χ1n) is 15.1. The number of hydrogen-bond acceptors (Lipinski definition) is 4. The van der Waals surface area contributed by atoms with Crippen molar-refractivity contribution in [3.05, 3.63) is 59.3 Å². The lowest BCUT2D eigenvalue weighted by atomic mass is 9.78. The third-order valence-electron chi connectivity index (χ3n) is 9.64. The first-order valence-corrected chi connectivity index (χ1v) is 15.1. The molecule has 1 aromatic carbocycles. The number of hydrogen-bond donors (Lipinski definition) is 1. The molecule has 41 heavy (non-hydrogen) atoms. The molecule has 2 aliphatic rings. The van der Waals surface area contributed by atoms with Crippen LogP contribution in [0.4, 0.5) is 4.39 Å². The lowest BCUT2D eigenvalue weighted by Gasteiger charge is -2.45. The first kappa shape index (κ1) is 29.2. The summed E-state index contributed by atoms with van der Waals surface area (Å²) < 4.78 is 16.5. The number of pyridine rings is 1. The Morgan fingerprint density at radius 3 is 2.49 bits per heavy atom. The van der Waals surface area contributed by atoms with Crippen molar-refractivity contribution in [1.29, 1.82) is 0 Å². The molecule has 0 radical (unpaired) electrons. The van der Waals surface area contributed by atoms with E-state index in [1.54, 1.807) is 25.1 Å². The molecule has 0 bridgehead atoms. The van der Waals surface area contributed by atoms with Crippen LogP contribution < -0.4 is 5.32 Å². The number of carbonyl (C=O) groups excluding carboxylic acids is 2. The summed E-state index contributed by atoms with van der Waals surface area (Å²) in [6.07, 6.45) is 10.1. The van der Waals surface area contributed by atoms with Gasteiger partial charge in [-0.1, -0.05) is 6.92 Å². The second-order valence-electron chi connectivity index (χ2n) is 12.6. The highest BCUT2D eigenvalue weighted by atomic mass is 19.1. The minimum absolute atomic E-state index is 0.00745. The Bertz CT molecular complexity index is 1420. The van der Waals surface area contributed by atoms with Gasteiger partial charge in [-0.15, -0.1) is 0 Å². The number of aromatic nitrogens is 2. The molecule has 1 aliphatic heterocycles. The molecule has 3 aromatic rings. The van der Waals surface area contributed by atoms with Crippen LogP contribution in [0.1, 0.15) is 73.9 Å². The van der Waals surface area contributed by atoms with E-state index in [0.29, 0.717) is 29.0 Å². The number of rotatable bonds is 8. The van der Waals surface area contributed by atoms with E-state index in [1.807, 2.05) is 30.8 Å². The van der Waals surface area contributed by atoms with Gasteiger partial charge >= 0.3 is 0 Å². The highest BCUT2D eigenvalue weighted by molar-refractivity contribution is 5.99. The quantitative estimate of drug-likeness (QED) is 0.392. The first-order chi connectivity index (χ1) is 19.6. The van der Waals surface area contributed by atoms with Crippen LogP contribution >= 0.6 is 0 Å². The number of benzene rings is 1. The van der Waals surface area contributed by atoms with Crippen molar-refractivity contribution < 1.29 is 14.0 Å². The molecule has 2 aromatic heterocycles. The van der Waals surface area contributed by atoms with Crippen LogP contribution in [-0.4, -0.2) is 70.9 Å². The van der Waals surface area contributed by atoms with Crippen molar-refractivity contribution >= 4 is 22.7 Å². The average molecular weight is 562 g/mol. The summed E-state index contributed by atoms with van der Waals surface area (Å²) in [7, 11) is 3.49. The van der Waals surface area contributed by atoms with E-state index in [0.717, 1.165) is 56.4 Å². The molecule has 8 heteroatoms. The highest BCUT2D eigenvalue weighted by Crippen LogP contribution is 2.40. The highest BCUT2D eigenvalue weighted by Gasteiger charge is 2.36. The smallest absolute Gasteiger partial charge is 0.256 e. The third kappa shape index (κ3) is 5.76. The minimum Gasteiger partial charge on any atom is -0.359 e. The fourth-order valence-corrected chi connectivity index (χ4v) is 6.75. The zero-order valence-electron chi connectivity index (χ0n) is 25.3. The summed E-state index contributed by atoms with van der Waals surface area (Å²) in [5.41, 5.74) is 4.29. The van der Waals surface area contributed by atoms with E-state index in [2.05, 4.69) is 35.2 Å². The predicted octanol–water partition coefficient (Wildman–Crippen LogP) is 5.54. The van der Waals surface area contributed by atoms with E-state index in [1.165, 1.54) is 23.1 Å². The van der Waals surface area contributed by atoms with Gasteiger partial charge < -0.3 is 19.7 Å². The van der Waals surface area contributed by atoms with Crippen molar-refractivity contribution in [3.8, 4) is 5.69 Å². The van der Waals surface area contributed by atoms with Crippen LogP contribution in [0.5, 0.6) is 0 Å². The Labute approximate surface area is 243 Å². The maximum atomic E-state index is 14.4. The number of nitrogens with zero attached hydrogens (tertiary/aromatic N) is 4. The average Bonchev–Trinajstić information content (AvgIpc) is 3.34. The SMILES string of the molecule is CNC(=O)C1CCC(CN2CC([C@@H](C)c3cn(-c4ccc(F)cc4C(=O)N(C)C(C)C)c4cncc(C)c34)C2)CC1. The Kier molecular flexibility index (Phi) is 8.50. The van der Waals surface area contributed by atoms with E-state index < -0.39 is 5.82 Å². The van der Waals surface area contributed by atoms with E-state index in [9.17, 15) is 14.0 Å². The lowest BCUT2D eigenvalue weighted by molar-refractivity contribution is -0.125. The predicted molar refractivity (Wildman–Crippen MR) is 161 cm³/mol. The van der Waals surface area contributed by atoms with Crippen LogP contribution in [0.25, 0.3) is 16.6 Å². The molecule has 2 amide bonds. The molecule has 1 aliphatic carbocycles. The summed E-state index contributed by atoms with van der Waals surface area (Å²) in [4.78, 5) is 34.1. The zero-order valence-corrected chi connectivity index (χ0v) is 25.3. The van der Waals surface area contributed by atoms with Gasteiger partial charge in [0.15, 0.2) is 0 Å². The molecule has 3 heterocycles. The van der Waals surface area contributed by atoms with Gasteiger partial charge in [0.1, 0.15) is 5.82 Å². The van der Waals surface area contributed by atoms with Crippen molar-refractivity contribution in [1.82, 2.24) is 24.7 Å². The van der Waals surface area contributed by atoms with Crippen molar-refractivity contribution in [2.75, 3.05) is 33.7 Å². The van der Waals surface area contributed by atoms with E-state index in [4.69, 9.17) is 0 Å². The Hall–Kier alpha value is -3.26. The molecular weight excluding hydrogens is 517 g/mol. The van der Waals surface area contributed by atoms with Gasteiger partial charge in [0.05, 0.1) is 23.0 Å². The topological polar surface area (TPSA) is 70.5 Å². The molecule has 1 N–H and O–H groups in total. The van der Waals surface area contributed by atoms with Gasteiger partial charge in [0.25, 0.3) is 5.91 Å². The van der Waals surface area contributed by atoms with Gasteiger partial charge in [0, 0.05) is 63.5 Å². The number of carbonyl (C=O) groups is 2. The van der Waals surface area contributed by atoms with Gasteiger partial charge in [-0.25, -0.2) is 4.39 Å². The van der Waals surface area contributed by atoms with Gasteiger partial charge in [0.2, 0.25) is 5.91 Å². The van der Waals surface area contributed by atoms with Crippen LogP contribution in [-0.2, 0) is 4.79 Å². The maximum absolute atomic E-state index is 14.4. The second-order valence-corrected chi connectivity index (χ2v) is 12.6. The number of aryl methyl sites for hydroxylation is 1. The monoisotopic (exact) mass is 561 g/mol. The lowest BCUT2D eigenvalue weighted by Crippen LogP contribution is -2.50. The largest absolute Gasteiger partial charge is 0.359 e. The Balaban J connectivity index is 1.36. The number of halogens is 1. The summed E-state index contributed by atoms with van der Waals surface area (Å²) >= 11 is 0. The summed E-state index contributed by atoms with van der Waals surface area (Å²) in [6.45, 7) is 11.5. The molecule has 0 unspecified atom stereocenters. The molecule has 5 rings (SSSR count). The molecule has 7 nitrogen and oxygen atoms in total. The van der Waals surface area contributed by atoms with Gasteiger partial charge in [-0.05, 0) is 93.5 Å². The number of amides is 2. The van der Waals surface area contributed by atoms with Crippen LogP contribution in [0.15, 0.2) is 36.8 Å². The van der Waals surface area contributed by atoms with E-state index in [-0.39, 0.29) is 23.8 Å². The molecule has 220 valence electrons. The molecule has 1 atom stereocenters.